The van der Waals surface area contributed by atoms with E-state index in [1.807, 2.05) is 42.6 Å². The lowest BCUT2D eigenvalue weighted by Gasteiger charge is -2.31. The van der Waals surface area contributed by atoms with Crippen molar-refractivity contribution in [1.29, 1.82) is 0 Å². The number of aromatic nitrogens is 2. The summed E-state index contributed by atoms with van der Waals surface area (Å²) in [5, 5.41) is 1.28. The number of likely N-dealkylation sites (tertiary alicyclic amines) is 1. The second kappa shape index (κ2) is 7.05. The van der Waals surface area contributed by atoms with Gasteiger partial charge >= 0.3 is 0 Å². The number of aromatic amines is 1. The smallest absolute Gasteiger partial charge is 0.137 e. The Labute approximate surface area is 142 Å². The first-order chi connectivity index (χ1) is 11.9. The van der Waals surface area contributed by atoms with E-state index >= 15 is 0 Å². The maximum absolute atomic E-state index is 5.81. The Bertz CT molecular complexity index is 776. The number of hydrogen-bond donors (Lipinski definition) is 1. The SMILES string of the molecule is c1ccc(OCCN2CCC(c3c[nH]c4ncccc34)CC2)cc1. The molecule has 1 aliphatic rings. The van der Waals surface area contributed by atoms with E-state index in [0.29, 0.717) is 5.92 Å². The Hall–Kier alpha value is -2.33. The number of hydrogen-bond acceptors (Lipinski definition) is 3. The normalized spacial score (nSPS) is 16.5. The van der Waals surface area contributed by atoms with Gasteiger partial charge in [-0.1, -0.05) is 18.2 Å². The highest BCUT2D eigenvalue weighted by Gasteiger charge is 2.22. The first kappa shape index (κ1) is 15.2. The molecule has 4 nitrogen and oxygen atoms in total. The largest absolute Gasteiger partial charge is 0.492 e. The Morgan fingerprint density at radius 1 is 1.08 bits per heavy atom. The van der Waals surface area contributed by atoms with Gasteiger partial charge in [0.05, 0.1) is 0 Å². The Balaban J connectivity index is 1.29. The van der Waals surface area contributed by atoms with E-state index in [9.17, 15) is 0 Å². The fraction of sp³-hybridized carbons (Fsp3) is 0.350. The summed E-state index contributed by atoms with van der Waals surface area (Å²) < 4.78 is 5.81. The average Bonchev–Trinajstić information content (AvgIpc) is 3.07. The van der Waals surface area contributed by atoms with Crippen molar-refractivity contribution in [1.82, 2.24) is 14.9 Å². The van der Waals surface area contributed by atoms with Crippen molar-refractivity contribution in [2.45, 2.75) is 18.8 Å². The van der Waals surface area contributed by atoms with Gasteiger partial charge < -0.3 is 9.72 Å². The molecule has 0 amide bonds. The van der Waals surface area contributed by atoms with Crippen molar-refractivity contribution in [2.24, 2.45) is 0 Å². The minimum atomic E-state index is 0.634. The Morgan fingerprint density at radius 2 is 1.92 bits per heavy atom. The summed E-state index contributed by atoms with van der Waals surface area (Å²) in [6.07, 6.45) is 6.40. The molecule has 0 atom stereocenters. The molecule has 1 aliphatic heterocycles. The molecule has 3 heterocycles. The first-order valence-electron chi connectivity index (χ1n) is 8.72. The minimum absolute atomic E-state index is 0.634. The van der Waals surface area contributed by atoms with E-state index in [4.69, 9.17) is 4.74 Å². The molecule has 0 aliphatic carbocycles. The number of benzene rings is 1. The summed E-state index contributed by atoms with van der Waals surface area (Å²) in [6, 6.07) is 14.3. The molecular weight excluding hydrogens is 298 g/mol. The highest BCUT2D eigenvalue weighted by atomic mass is 16.5. The van der Waals surface area contributed by atoms with Crippen LogP contribution < -0.4 is 4.74 Å². The summed E-state index contributed by atoms with van der Waals surface area (Å²) in [6.45, 7) is 4.02. The van der Waals surface area contributed by atoms with Crippen LogP contribution >= 0.6 is 0 Å². The van der Waals surface area contributed by atoms with Crippen LogP contribution in [0, 0.1) is 0 Å². The average molecular weight is 321 g/mol. The summed E-state index contributed by atoms with van der Waals surface area (Å²) in [7, 11) is 0. The lowest BCUT2D eigenvalue weighted by atomic mass is 9.89. The summed E-state index contributed by atoms with van der Waals surface area (Å²) in [5.41, 5.74) is 2.43. The van der Waals surface area contributed by atoms with Gasteiger partial charge in [0.15, 0.2) is 0 Å². The van der Waals surface area contributed by atoms with Crippen LogP contribution in [0.2, 0.25) is 0 Å². The van der Waals surface area contributed by atoms with Gasteiger partial charge in [-0.2, -0.15) is 0 Å². The maximum atomic E-state index is 5.81. The second-order valence-electron chi connectivity index (χ2n) is 6.42. The van der Waals surface area contributed by atoms with E-state index < -0.39 is 0 Å². The van der Waals surface area contributed by atoms with Gasteiger partial charge in [0.1, 0.15) is 18.0 Å². The van der Waals surface area contributed by atoms with Gasteiger partial charge in [-0.25, -0.2) is 4.98 Å². The number of rotatable bonds is 5. The monoisotopic (exact) mass is 321 g/mol. The van der Waals surface area contributed by atoms with E-state index in [1.165, 1.54) is 23.8 Å². The fourth-order valence-electron chi connectivity index (χ4n) is 3.59. The zero-order valence-electron chi connectivity index (χ0n) is 13.8. The third-order valence-electron chi connectivity index (χ3n) is 4.93. The molecule has 4 heteroatoms. The van der Waals surface area contributed by atoms with Crippen LogP contribution in [0.1, 0.15) is 24.3 Å². The molecule has 2 aromatic heterocycles. The molecule has 0 bridgehead atoms. The van der Waals surface area contributed by atoms with E-state index in [-0.39, 0.29) is 0 Å². The first-order valence-corrected chi connectivity index (χ1v) is 8.72. The van der Waals surface area contributed by atoms with E-state index in [0.717, 1.165) is 37.6 Å². The van der Waals surface area contributed by atoms with Crippen molar-refractivity contribution in [3.63, 3.8) is 0 Å². The molecule has 3 aromatic rings. The van der Waals surface area contributed by atoms with Crippen molar-refractivity contribution >= 4 is 11.0 Å². The third kappa shape index (κ3) is 3.29. The molecule has 1 saturated heterocycles. The molecule has 124 valence electrons. The van der Waals surface area contributed by atoms with Crippen LogP contribution in [-0.2, 0) is 0 Å². The van der Waals surface area contributed by atoms with Gasteiger partial charge in [0.2, 0.25) is 0 Å². The Morgan fingerprint density at radius 3 is 2.75 bits per heavy atom. The van der Waals surface area contributed by atoms with Gasteiger partial charge in [-0.3, -0.25) is 4.90 Å². The minimum Gasteiger partial charge on any atom is -0.492 e. The molecule has 1 fully saturated rings. The number of pyridine rings is 1. The van der Waals surface area contributed by atoms with Gasteiger partial charge in [-0.05, 0) is 61.7 Å². The van der Waals surface area contributed by atoms with E-state index in [1.54, 1.807) is 0 Å². The van der Waals surface area contributed by atoms with Crippen molar-refractivity contribution in [3.8, 4) is 5.75 Å². The fourth-order valence-corrected chi connectivity index (χ4v) is 3.59. The van der Waals surface area contributed by atoms with Crippen LogP contribution in [0.3, 0.4) is 0 Å². The van der Waals surface area contributed by atoms with Crippen LogP contribution in [-0.4, -0.2) is 41.1 Å². The summed E-state index contributed by atoms with van der Waals surface area (Å²) in [5.74, 6) is 1.59. The number of H-pyrrole nitrogens is 1. The zero-order valence-corrected chi connectivity index (χ0v) is 13.8. The van der Waals surface area contributed by atoms with Crippen LogP contribution in [0.25, 0.3) is 11.0 Å². The number of fused-ring (bicyclic) bond motifs is 1. The summed E-state index contributed by atoms with van der Waals surface area (Å²) in [4.78, 5) is 10.2. The van der Waals surface area contributed by atoms with E-state index in [2.05, 4.69) is 27.1 Å². The zero-order chi connectivity index (χ0) is 16.2. The quantitative estimate of drug-likeness (QED) is 0.776. The van der Waals surface area contributed by atoms with Crippen molar-refractivity contribution < 1.29 is 4.74 Å². The molecule has 24 heavy (non-hydrogen) atoms. The van der Waals surface area contributed by atoms with Crippen molar-refractivity contribution in [2.75, 3.05) is 26.2 Å². The molecule has 0 radical (unpaired) electrons. The number of para-hydroxylation sites is 1. The molecule has 1 N–H and O–H groups in total. The lowest BCUT2D eigenvalue weighted by Crippen LogP contribution is -2.35. The molecule has 0 saturated carbocycles. The van der Waals surface area contributed by atoms with Crippen molar-refractivity contribution in [3.05, 3.63) is 60.4 Å². The predicted octanol–water partition coefficient (Wildman–Crippen LogP) is 3.82. The van der Waals surface area contributed by atoms with Crippen LogP contribution in [0.15, 0.2) is 54.9 Å². The molecule has 0 unspecified atom stereocenters. The van der Waals surface area contributed by atoms with Gasteiger partial charge in [-0.15, -0.1) is 0 Å². The number of ether oxygens (including phenoxy) is 1. The number of piperidine rings is 1. The standard InChI is InChI=1S/C20H23N3O/c1-2-5-17(6-3-1)24-14-13-23-11-8-16(9-12-23)19-15-22-20-18(19)7-4-10-21-20/h1-7,10,15-16H,8-9,11-14H2,(H,21,22). The molecule has 4 rings (SSSR count). The highest BCUT2D eigenvalue weighted by Crippen LogP contribution is 2.32. The highest BCUT2D eigenvalue weighted by molar-refractivity contribution is 5.80. The predicted molar refractivity (Wildman–Crippen MR) is 96.4 cm³/mol. The summed E-state index contributed by atoms with van der Waals surface area (Å²) >= 11 is 0. The van der Waals surface area contributed by atoms with Crippen LogP contribution in [0.5, 0.6) is 5.75 Å². The van der Waals surface area contributed by atoms with Gasteiger partial charge in [0.25, 0.3) is 0 Å². The lowest BCUT2D eigenvalue weighted by molar-refractivity contribution is 0.173. The van der Waals surface area contributed by atoms with Crippen LogP contribution in [0.4, 0.5) is 0 Å². The molecular formula is C20H23N3O. The number of nitrogens with zero attached hydrogens (tertiary/aromatic N) is 2. The third-order valence-corrected chi connectivity index (χ3v) is 4.93. The molecule has 0 spiro atoms. The number of nitrogens with one attached hydrogen (secondary N) is 1. The van der Waals surface area contributed by atoms with Gasteiger partial charge in [0, 0.05) is 24.3 Å². The topological polar surface area (TPSA) is 41.1 Å². The second-order valence-corrected chi connectivity index (χ2v) is 6.42. The molecule has 1 aromatic carbocycles. The Kier molecular flexibility index (Phi) is 4.47. The maximum Gasteiger partial charge on any atom is 0.137 e.